The molecule has 0 aliphatic heterocycles. The fourth-order valence-electron chi connectivity index (χ4n) is 0.945. The van der Waals surface area contributed by atoms with Crippen molar-refractivity contribution in [2.24, 2.45) is 0 Å². The van der Waals surface area contributed by atoms with Crippen LogP contribution in [0.5, 0.6) is 0 Å². The van der Waals surface area contributed by atoms with Crippen molar-refractivity contribution >= 4 is 11.4 Å². The van der Waals surface area contributed by atoms with Crippen LogP contribution in [0.15, 0.2) is 6.07 Å². The van der Waals surface area contributed by atoms with Gasteiger partial charge in [-0.3, -0.25) is 0 Å². The monoisotopic (exact) mass is 202 g/mol. The van der Waals surface area contributed by atoms with E-state index >= 15 is 0 Å². The number of benzene rings is 1. The lowest BCUT2D eigenvalue weighted by molar-refractivity contribution is 0.572. The zero-order chi connectivity index (χ0) is 11.3. The molecule has 0 heterocycles. The molecule has 0 atom stereocenters. The first-order valence-corrected chi connectivity index (χ1v) is 4.49. The van der Waals surface area contributed by atoms with Gasteiger partial charge in [-0.05, 0) is 13.0 Å². The van der Waals surface area contributed by atoms with Crippen LogP contribution < -0.4 is 11.1 Å². The van der Waals surface area contributed by atoms with Crippen molar-refractivity contribution in [1.29, 1.82) is 0 Å². The molecule has 0 unspecified atom stereocenters. The second-order valence-electron chi connectivity index (χ2n) is 2.51. The molecule has 0 aliphatic rings. The van der Waals surface area contributed by atoms with Gasteiger partial charge < -0.3 is 11.1 Å². The lowest BCUT2D eigenvalue weighted by Crippen LogP contribution is -2.02. The average molecular weight is 202 g/mol. The molecule has 0 aromatic heterocycles. The predicted octanol–water partition coefficient (Wildman–Crippen LogP) is 2.92. The molecule has 0 spiro atoms. The first-order valence-electron chi connectivity index (χ1n) is 4.49. The average Bonchev–Trinajstić information content (AvgIpc) is 2.23. The van der Waals surface area contributed by atoms with Gasteiger partial charge >= 0.3 is 0 Å². The van der Waals surface area contributed by atoms with Gasteiger partial charge in [0.1, 0.15) is 5.82 Å². The van der Waals surface area contributed by atoms with E-state index in [1.54, 1.807) is 7.05 Å². The summed E-state index contributed by atoms with van der Waals surface area (Å²) < 4.78 is 25.9. The van der Waals surface area contributed by atoms with Crippen LogP contribution in [0.25, 0.3) is 0 Å². The van der Waals surface area contributed by atoms with Crippen LogP contribution in [0.3, 0.4) is 0 Å². The Bertz CT molecular complexity index is 311. The Balaban J connectivity index is 0.000000791. The first kappa shape index (κ1) is 12.7. The van der Waals surface area contributed by atoms with E-state index in [2.05, 4.69) is 5.32 Å². The van der Waals surface area contributed by atoms with Crippen LogP contribution in [-0.4, -0.2) is 7.05 Å². The van der Waals surface area contributed by atoms with Gasteiger partial charge in [0.05, 0.1) is 11.4 Å². The Labute approximate surface area is 83.1 Å². The molecule has 0 amide bonds. The highest BCUT2D eigenvalue weighted by atomic mass is 19.1. The van der Waals surface area contributed by atoms with Crippen LogP contribution in [0.4, 0.5) is 20.2 Å². The third-order valence-electron chi connectivity index (χ3n) is 1.75. The van der Waals surface area contributed by atoms with Crippen molar-refractivity contribution in [3.63, 3.8) is 0 Å². The number of nitrogen functional groups attached to an aromatic ring is 1. The highest BCUT2D eigenvalue weighted by Gasteiger charge is 2.11. The van der Waals surface area contributed by atoms with Crippen molar-refractivity contribution in [2.45, 2.75) is 20.8 Å². The maximum atomic E-state index is 13.0. The largest absolute Gasteiger partial charge is 0.395 e. The number of anilines is 2. The molecule has 14 heavy (non-hydrogen) atoms. The summed E-state index contributed by atoms with van der Waals surface area (Å²) in [6, 6.07) is 1.17. The molecular weight excluding hydrogens is 186 g/mol. The number of rotatable bonds is 1. The Morgan fingerprint density at radius 1 is 1.29 bits per heavy atom. The number of nitrogens with one attached hydrogen (secondary N) is 1. The van der Waals surface area contributed by atoms with Crippen LogP contribution in [0.1, 0.15) is 19.4 Å². The van der Waals surface area contributed by atoms with Gasteiger partial charge in [0.2, 0.25) is 0 Å². The molecule has 1 aromatic carbocycles. The van der Waals surface area contributed by atoms with Crippen molar-refractivity contribution in [3.8, 4) is 0 Å². The Kier molecular flexibility index (Phi) is 4.91. The molecule has 3 N–H and O–H groups in total. The summed E-state index contributed by atoms with van der Waals surface area (Å²) in [4.78, 5) is 0. The lowest BCUT2D eigenvalue weighted by Gasteiger charge is -2.08. The molecule has 0 radical (unpaired) electrons. The minimum Gasteiger partial charge on any atom is -0.395 e. The fraction of sp³-hybridized carbons (Fsp3) is 0.400. The maximum Gasteiger partial charge on any atom is 0.154 e. The summed E-state index contributed by atoms with van der Waals surface area (Å²) in [5.41, 5.74) is 5.54. The van der Waals surface area contributed by atoms with Crippen molar-refractivity contribution in [2.75, 3.05) is 18.1 Å². The molecular formula is C10H16F2N2. The second-order valence-corrected chi connectivity index (χ2v) is 2.51. The standard InChI is InChI=1S/C8H10F2N2.C2H6/c1-4-5(9)3-6(12-2)8(11)7(4)10;1-2/h3,12H,11H2,1-2H3;1-2H3. The smallest absolute Gasteiger partial charge is 0.154 e. The fourth-order valence-corrected chi connectivity index (χ4v) is 0.945. The van der Waals surface area contributed by atoms with Crippen molar-refractivity contribution in [1.82, 2.24) is 0 Å². The molecule has 0 saturated heterocycles. The van der Waals surface area contributed by atoms with E-state index in [4.69, 9.17) is 5.73 Å². The van der Waals surface area contributed by atoms with E-state index in [0.29, 0.717) is 0 Å². The van der Waals surface area contributed by atoms with E-state index in [0.717, 1.165) is 0 Å². The van der Waals surface area contributed by atoms with E-state index in [1.165, 1.54) is 13.0 Å². The number of hydrogen-bond acceptors (Lipinski definition) is 2. The van der Waals surface area contributed by atoms with Crippen LogP contribution in [-0.2, 0) is 0 Å². The van der Waals surface area contributed by atoms with E-state index in [-0.39, 0.29) is 16.9 Å². The third kappa shape index (κ3) is 2.34. The number of nitrogens with two attached hydrogens (primary N) is 1. The minimum absolute atomic E-state index is 0.0450. The lowest BCUT2D eigenvalue weighted by atomic mass is 10.1. The van der Waals surface area contributed by atoms with Gasteiger partial charge in [-0.15, -0.1) is 0 Å². The topological polar surface area (TPSA) is 38.0 Å². The predicted molar refractivity (Wildman–Crippen MR) is 56.4 cm³/mol. The van der Waals surface area contributed by atoms with Gasteiger partial charge in [0.15, 0.2) is 5.82 Å². The highest BCUT2D eigenvalue weighted by Crippen LogP contribution is 2.26. The first-order chi connectivity index (χ1) is 6.57. The quantitative estimate of drug-likeness (QED) is 0.687. The molecule has 0 aliphatic carbocycles. The Hall–Kier alpha value is -1.32. The SMILES string of the molecule is CC.CNc1cc(F)c(C)c(F)c1N. The molecule has 0 saturated carbocycles. The molecule has 0 fully saturated rings. The van der Waals surface area contributed by atoms with Crippen LogP contribution in [0.2, 0.25) is 0 Å². The molecule has 4 heteroatoms. The van der Waals surface area contributed by atoms with Gasteiger partial charge in [-0.25, -0.2) is 8.78 Å². The molecule has 2 nitrogen and oxygen atoms in total. The minimum atomic E-state index is -0.695. The molecule has 0 bridgehead atoms. The van der Waals surface area contributed by atoms with E-state index in [9.17, 15) is 8.78 Å². The van der Waals surface area contributed by atoms with Crippen LogP contribution >= 0.6 is 0 Å². The summed E-state index contributed by atoms with van der Waals surface area (Å²) in [5, 5.41) is 2.60. The number of halogens is 2. The Morgan fingerprint density at radius 2 is 1.79 bits per heavy atom. The summed E-state index contributed by atoms with van der Waals surface area (Å²) in [6.45, 7) is 5.35. The summed E-state index contributed by atoms with van der Waals surface area (Å²) >= 11 is 0. The highest BCUT2D eigenvalue weighted by molar-refractivity contribution is 5.67. The zero-order valence-corrected chi connectivity index (χ0v) is 8.91. The normalized spacial score (nSPS) is 9.00. The van der Waals surface area contributed by atoms with Gasteiger partial charge in [0, 0.05) is 12.6 Å². The zero-order valence-electron chi connectivity index (χ0n) is 8.91. The third-order valence-corrected chi connectivity index (χ3v) is 1.75. The number of hydrogen-bond donors (Lipinski definition) is 2. The van der Waals surface area contributed by atoms with E-state index < -0.39 is 11.6 Å². The summed E-state index contributed by atoms with van der Waals surface area (Å²) in [6.07, 6.45) is 0. The summed E-state index contributed by atoms with van der Waals surface area (Å²) in [7, 11) is 1.56. The summed E-state index contributed by atoms with van der Waals surface area (Å²) in [5.74, 6) is -1.29. The van der Waals surface area contributed by atoms with Gasteiger partial charge in [-0.2, -0.15) is 0 Å². The van der Waals surface area contributed by atoms with Crippen molar-refractivity contribution < 1.29 is 8.78 Å². The van der Waals surface area contributed by atoms with Crippen molar-refractivity contribution in [3.05, 3.63) is 23.3 Å². The molecule has 1 aromatic rings. The maximum absolute atomic E-state index is 13.0. The van der Waals surface area contributed by atoms with Gasteiger partial charge in [-0.1, -0.05) is 13.8 Å². The molecule has 80 valence electrons. The van der Waals surface area contributed by atoms with E-state index in [1.807, 2.05) is 13.8 Å². The molecule has 1 rings (SSSR count). The Morgan fingerprint density at radius 3 is 2.21 bits per heavy atom. The van der Waals surface area contributed by atoms with Crippen LogP contribution in [0, 0.1) is 18.6 Å². The van der Waals surface area contributed by atoms with Gasteiger partial charge in [0.25, 0.3) is 0 Å². The second kappa shape index (κ2) is 5.42.